The van der Waals surface area contributed by atoms with E-state index in [0.29, 0.717) is 13.2 Å². The predicted molar refractivity (Wildman–Crippen MR) is 61.0 cm³/mol. The molecule has 0 spiro atoms. The van der Waals surface area contributed by atoms with Crippen molar-refractivity contribution in [1.29, 1.82) is 0 Å². The minimum atomic E-state index is -0.352. The highest BCUT2D eigenvalue weighted by molar-refractivity contribution is 5.09. The molecule has 0 aliphatic carbocycles. The van der Waals surface area contributed by atoms with E-state index in [9.17, 15) is 0 Å². The normalized spacial score (nSPS) is 19.9. The second-order valence-corrected chi connectivity index (χ2v) is 4.49. The highest BCUT2D eigenvalue weighted by Gasteiger charge is 2.35. The van der Waals surface area contributed by atoms with Gasteiger partial charge in [0, 0.05) is 19.8 Å². The Morgan fingerprint density at radius 3 is 2.69 bits per heavy atom. The summed E-state index contributed by atoms with van der Waals surface area (Å²) in [4.78, 5) is 0. The van der Waals surface area contributed by atoms with Crippen LogP contribution < -0.4 is 5.73 Å². The van der Waals surface area contributed by atoms with Crippen molar-refractivity contribution in [3.8, 4) is 0 Å². The van der Waals surface area contributed by atoms with E-state index in [0.717, 1.165) is 37.5 Å². The number of nitrogens with zero attached hydrogens (tertiary/aromatic N) is 3. The van der Waals surface area contributed by atoms with E-state index in [1.54, 1.807) is 0 Å². The molecule has 1 fully saturated rings. The van der Waals surface area contributed by atoms with Gasteiger partial charge in [0.15, 0.2) is 5.82 Å². The van der Waals surface area contributed by atoms with Gasteiger partial charge in [-0.1, -0.05) is 6.92 Å². The fourth-order valence-corrected chi connectivity index (χ4v) is 2.20. The van der Waals surface area contributed by atoms with Gasteiger partial charge in [0.25, 0.3) is 0 Å². The number of nitrogens with two attached hydrogens (primary N) is 1. The first kappa shape index (κ1) is 11.5. The van der Waals surface area contributed by atoms with Gasteiger partial charge in [0.1, 0.15) is 5.82 Å². The lowest BCUT2D eigenvalue weighted by atomic mass is 9.90. The van der Waals surface area contributed by atoms with Crippen LogP contribution in [0.4, 0.5) is 0 Å². The SMILES string of the molecule is CCCn1c(C)nnc1C1(N)CCOCC1. The number of aryl methyl sites for hydroxylation is 1. The Hall–Kier alpha value is -0.940. The fraction of sp³-hybridized carbons (Fsp3) is 0.818. The molecule has 5 nitrogen and oxygen atoms in total. The quantitative estimate of drug-likeness (QED) is 0.830. The summed E-state index contributed by atoms with van der Waals surface area (Å²) in [5.74, 6) is 1.88. The molecule has 1 aliphatic heterocycles. The Bertz CT molecular complexity index is 355. The molecule has 1 aromatic rings. The first-order valence-corrected chi connectivity index (χ1v) is 5.94. The van der Waals surface area contributed by atoms with E-state index in [4.69, 9.17) is 10.5 Å². The Labute approximate surface area is 96.0 Å². The summed E-state index contributed by atoms with van der Waals surface area (Å²) in [5.41, 5.74) is 6.07. The highest BCUT2D eigenvalue weighted by Crippen LogP contribution is 2.28. The van der Waals surface area contributed by atoms with E-state index < -0.39 is 0 Å². The second kappa shape index (κ2) is 4.51. The van der Waals surface area contributed by atoms with Gasteiger partial charge in [-0.15, -0.1) is 10.2 Å². The van der Waals surface area contributed by atoms with Crippen LogP contribution in [0.5, 0.6) is 0 Å². The van der Waals surface area contributed by atoms with E-state index in [-0.39, 0.29) is 5.54 Å². The number of hydrogen-bond donors (Lipinski definition) is 1. The molecule has 2 N–H and O–H groups in total. The number of hydrogen-bond acceptors (Lipinski definition) is 4. The first-order valence-electron chi connectivity index (χ1n) is 5.94. The van der Waals surface area contributed by atoms with E-state index >= 15 is 0 Å². The second-order valence-electron chi connectivity index (χ2n) is 4.49. The molecular formula is C11H20N4O. The summed E-state index contributed by atoms with van der Waals surface area (Å²) in [7, 11) is 0. The predicted octanol–water partition coefficient (Wildman–Crippen LogP) is 0.961. The third-order valence-corrected chi connectivity index (χ3v) is 3.21. The molecule has 0 aromatic carbocycles. The summed E-state index contributed by atoms with van der Waals surface area (Å²) in [6.07, 6.45) is 2.72. The molecular weight excluding hydrogens is 204 g/mol. The first-order chi connectivity index (χ1) is 7.67. The molecule has 2 heterocycles. The van der Waals surface area contributed by atoms with Crippen LogP contribution in [-0.4, -0.2) is 28.0 Å². The molecule has 0 bridgehead atoms. The van der Waals surface area contributed by atoms with Crippen molar-refractivity contribution in [1.82, 2.24) is 14.8 Å². The van der Waals surface area contributed by atoms with Crippen LogP contribution in [0, 0.1) is 6.92 Å². The fourth-order valence-electron chi connectivity index (χ4n) is 2.20. The summed E-state index contributed by atoms with van der Waals surface area (Å²) >= 11 is 0. The molecule has 1 saturated heterocycles. The van der Waals surface area contributed by atoms with Crippen LogP contribution in [0.1, 0.15) is 37.8 Å². The molecule has 1 aliphatic rings. The zero-order chi connectivity index (χ0) is 11.6. The van der Waals surface area contributed by atoms with Crippen molar-refractivity contribution >= 4 is 0 Å². The third kappa shape index (κ3) is 1.97. The van der Waals surface area contributed by atoms with Gasteiger partial charge in [-0.25, -0.2) is 0 Å². The van der Waals surface area contributed by atoms with Crippen LogP contribution in [0.25, 0.3) is 0 Å². The minimum absolute atomic E-state index is 0.352. The smallest absolute Gasteiger partial charge is 0.153 e. The van der Waals surface area contributed by atoms with Gasteiger partial charge in [-0.05, 0) is 26.2 Å². The number of rotatable bonds is 3. The summed E-state index contributed by atoms with van der Waals surface area (Å²) in [5, 5.41) is 8.41. The molecule has 90 valence electrons. The van der Waals surface area contributed by atoms with E-state index in [2.05, 4.69) is 21.7 Å². The van der Waals surface area contributed by atoms with E-state index in [1.807, 2.05) is 6.92 Å². The van der Waals surface area contributed by atoms with Crippen LogP contribution in [0.3, 0.4) is 0 Å². The summed E-state index contributed by atoms with van der Waals surface area (Å²) in [6.45, 7) is 6.50. The monoisotopic (exact) mass is 224 g/mol. The molecule has 0 amide bonds. The molecule has 5 heteroatoms. The maximum absolute atomic E-state index is 6.42. The van der Waals surface area contributed by atoms with Crippen molar-refractivity contribution in [3.05, 3.63) is 11.6 Å². The van der Waals surface area contributed by atoms with Gasteiger partial charge < -0.3 is 15.0 Å². The third-order valence-electron chi connectivity index (χ3n) is 3.21. The average Bonchev–Trinajstić information content (AvgIpc) is 2.63. The van der Waals surface area contributed by atoms with E-state index in [1.165, 1.54) is 0 Å². The van der Waals surface area contributed by atoms with Crippen molar-refractivity contribution in [3.63, 3.8) is 0 Å². The van der Waals surface area contributed by atoms with Crippen LogP contribution in [0.2, 0.25) is 0 Å². The van der Waals surface area contributed by atoms with Crippen molar-refractivity contribution in [2.45, 2.75) is 45.2 Å². The minimum Gasteiger partial charge on any atom is -0.381 e. The standard InChI is InChI=1S/C11H20N4O/c1-3-6-15-9(2)13-14-10(15)11(12)4-7-16-8-5-11/h3-8,12H2,1-2H3. The topological polar surface area (TPSA) is 66.0 Å². The van der Waals surface area contributed by atoms with Crippen LogP contribution in [-0.2, 0) is 16.8 Å². The molecule has 2 rings (SSSR count). The zero-order valence-corrected chi connectivity index (χ0v) is 10.1. The van der Waals surface area contributed by atoms with Gasteiger partial charge in [0.2, 0.25) is 0 Å². The summed E-state index contributed by atoms with van der Waals surface area (Å²) in [6, 6.07) is 0. The molecule has 0 unspecified atom stereocenters. The van der Waals surface area contributed by atoms with Gasteiger partial charge in [-0.3, -0.25) is 0 Å². The van der Waals surface area contributed by atoms with Crippen molar-refractivity contribution in [2.24, 2.45) is 5.73 Å². The number of ether oxygens (including phenoxy) is 1. The molecule has 16 heavy (non-hydrogen) atoms. The highest BCUT2D eigenvalue weighted by atomic mass is 16.5. The molecule has 1 aromatic heterocycles. The molecule has 0 radical (unpaired) electrons. The Morgan fingerprint density at radius 2 is 2.06 bits per heavy atom. The van der Waals surface area contributed by atoms with Gasteiger partial charge >= 0.3 is 0 Å². The lowest BCUT2D eigenvalue weighted by Crippen LogP contribution is -2.44. The van der Waals surface area contributed by atoms with Crippen molar-refractivity contribution in [2.75, 3.05) is 13.2 Å². The Morgan fingerprint density at radius 1 is 1.38 bits per heavy atom. The maximum Gasteiger partial charge on any atom is 0.153 e. The molecule has 0 atom stereocenters. The van der Waals surface area contributed by atoms with Gasteiger partial charge in [0.05, 0.1) is 5.54 Å². The zero-order valence-electron chi connectivity index (χ0n) is 10.1. The van der Waals surface area contributed by atoms with Crippen LogP contribution >= 0.6 is 0 Å². The van der Waals surface area contributed by atoms with Crippen LogP contribution in [0.15, 0.2) is 0 Å². The molecule has 0 saturated carbocycles. The maximum atomic E-state index is 6.42. The lowest BCUT2D eigenvalue weighted by Gasteiger charge is -2.32. The summed E-state index contributed by atoms with van der Waals surface area (Å²) < 4.78 is 7.50. The average molecular weight is 224 g/mol. The van der Waals surface area contributed by atoms with Gasteiger partial charge in [-0.2, -0.15) is 0 Å². The Kier molecular flexibility index (Phi) is 3.25. The lowest BCUT2D eigenvalue weighted by molar-refractivity contribution is 0.0477. The number of aromatic nitrogens is 3. The Balaban J connectivity index is 2.30. The van der Waals surface area contributed by atoms with Crippen molar-refractivity contribution < 1.29 is 4.74 Å². The largest absolute Gasteiger partial charge is 0.381 e.